The first kappa shape index (κ1) is 18.9. The second kappa shape index (κ2) is 7.82. The fraction of sp³-hybridized carbons (Fsp3) is 0.632. The van der Waals surface area contributed by atoms with Crippen molar-refractivity contribution in [3.05, 3.63) is 23.8 Å². The van der Waals surface area contributed by atoms with Crippen LogP contribution in [0.1, 0.15) is 29.6 Å². The molecule has 1 aromatic rings. The quantitative estimate of drug-likeness (QED) is 0.783. The van der Waals surface area contributed by atoms with E-state index in [2.05, 4.69) is 0 Å². The highest BCUT2D eigenvalue weighted by Gasteiger charge is 2.56. The fourth-order valence-electron chi connectivity index (χ4n) is 4.10. The maximum absolute atomic E-state index is 12.9. The molecule has 0 unspecified atom stereocenters. The summed E-state index contributed by atoms with van der Waals surface area (Å²) in [6.07, 6.45) is 1.79. The lowest BCUT2D eigenvalue weighted by Gasteiger charge is -2.56. The average molecular weight is 364 g/mol. The number of rotatable bonds is 6. The number of amides is 1. The van der Waals surface area contributed by atoms with Crippen LogP contribution in [0.25, 0.3) is 0 Å². The molecule has 2 aliphatic rings. The van der Waals surface area contributed by atoms with Gasteiger partial charge in [-0.15, -0.1) is 0 Å². The summed E-state index contributed by atoms with van der Waals surface area (Å²) in [6.45, 7) is 2.16. The Morgan fingerprint density at radius 2 is 2.04 bits per heavy atom. The van der Waals surface area contributed by atoms with Gasteiger partial charge in [-0.1, -0.05) is 0 Å². The number of nitrogens with two attached hydrogens (primary N) is 1. The molecule has 1 aliphatic heterocycles. The standard InChI is InChI=1S/C19H28N2O5/c1-24-13-3-4-14(15(11-13)25-2)18(23)21-8-5-19(6-9-21)16(22)12-17(19)26-10-7-20/h3-4,11,16-17,22H,5-10,12,20H2,1-2H3/t16-,17+/m0/s1. The molecule has 0 aromatic heterocycles. The molecule has 7 nitrogen and oxygen atoms in total. The summed E-state index contributed by atoms with van der Waals surface area (Å²) in [6, 6.07) is 5.20. The van der Waals surface area contributed by atoms with Gasteiger partial charge in [0.05, 0.1) is 38.6 Å². The number of hydrogen-bond donors (Lipinski definition) is 2. The third-order valence-electron chi connectivity index (χ3n) is 5.80. The van der Waals surface area contributed by atoms with Gasteiger partial charge in [0, 0.05) is 37.5 Å². The van der Waals surface area contributed by atoms with Crippen LogP contribution in [0.4, 0.5) is 0 Å². The number of carbonyl (C=O) groups excluding carboxylic acids is 1. The van der Waals surface area contributed by atoms with E-state index >= 15 is 0 Å². The van der Waals surface area contributed by atoms with Gasteiger partial charge in [-0.3, -0.25) is 4.79 Å². The number of aliphatic hydroxyl groups excluding tert-OH is 1. The van der Waals surface area contributed by atoms with E-state index in [1.807, 2.05) is 4.90 Å². The summed E-state index contributed by atoms with van der Waals surface area (Å²) in [7, 11) is 3.12. The predicted octanol–water partition coefficient (Wildman–Crippen LogP) is 1.03. The van der Waals surface area contributed by atoms with Gasteiger partial charge >= 0.3 is 0 Å². The van der Waals surface area contributed by atoms with Gasteiger partial charge < -0.3 is 30.0 Å². The number of hydrogen-bond acceptors (Lipinski definition) is 6. The maximum Gasteiger partial charge on any atom is 0.257 e. The zero-order chi connectivity index (χ0) is 18.7. The number of carbonyl (C=O) groups is 1. The van der Waals surface area contributed by atoms with Crippen molar-refractivity contribution in [2.75, 3.05) is 40.5 Å². The van der Waals surface area contributed by atoms with Crippen molar-refractivity contribution in [2.24, 2.45) is 11.1 Å². The summed E-state index contributed by atoms with van der Waals surface area (Å²) in [4.78, 5) is 14.7. The van der Waals surface area contributed by atoms with Crippen molar-refractivity contribution < 1.29 is 24.1 Å². The van der Waals surface area contributed by atoms with E-state index in [0.29, 0.717) is 49.7 Å². The van der Waals surface area contributed by atoms with E-state index in [0.717, 1.165) is 12.8 Å². The van der Waals surface area contributed by atoms with Crippen LogP contribution in [0.5, 0.6) is 11.5 Å². The molecule has 1 aromatic carbocycles. The first-order valence-electron chi connectivity index (χ1n) is 9.06. The highest BCUT2D eigenvalue weighted by molar-refractivity contribution is 5.97. The number of likely N-dealkylation sites (tertiary alicyclic amines) is 1. The molecule has 3 N–H and O–H groups in total. The molecular formula is C19H28N2O5. The Labute approximate surface area is 154 Å². The molecule has 1 aliphatic carbocycles. The average Bonchev–Trinajstić information content (AvgIpc) is 2.69. The van der Waals surface area contributed by atoms with Crippen LogP contribution < -0.4 is 15.2 Å². The molecule has 2 atom stereocenters. The fourth-order valence-corrected chi connectivity index (χ4v) is 4.10. The third-order valence-corrected chi connectivity index (χ3v) is 5.80. The summed E-state index contributed by atoms with van der Waals surface area (Å²) in [5.74, 6) is 1.09. The minimum Gasteiger partial charge on any atom is -0.497 e. The molecule has 3 rings (SSSR count). The molecule has 1 saturated carbocycles. The molecule has 2 fully saturated rings. The highest BCUT2D eigenvalue weighted by atomic mass is 16.5. The summed E-state index contributed by atoms with van der Waals surface area (Å²) in [5.41, 5.74) is 5.80. The van der Waals surface area contributed by atoms with Crippen LogP contribution >= 0.6 is 0 Å². The lowest BCUT2D eigenvalue weighted by molar-refractivity contribution is -0.207. The van der Waals surface area contributed by atoms with Crippen LogP contribution in [0.3, 0.4) is 0 Å². The van der Waals surface area contributed by atoms with Gasteiger partial charge in [0.25, 0.3) is 5.91 Å². The number of methoxy groups -OCH3 is 2. The minimum absolute atomic E-state index is 0.0359. The second-order valence-corrected chi connectivity index (χ2v) is 6.99. The molecule has 26 heavy (non-hydrogen) atoms. The van der Waals surface area contributed by atoms with Gasteiger partial charge in [-0.2, -0.15) is 0 Å². The van der Waals surface area contributed by atoms with Gasteiger partial charge in [0.2, 0.25) is 0 Å². The first-order valence-corrected chi connectivity index (χ1v) is 9.06. The molecule has 0 bridgehead atoms. The lowest BCUT2D eigenvalue weighted by Crippen LogP contribution is -2.62. The number of piperidine rings is 1. The molecule has 0 radical (unpaired) electrons. The van der Waals surface area contributed by atoms with Crippen molar-refractivity contribution >= 4 is 5.91 Å². The topological polar surface area (TPSA) is 94.2 Å². The van der Waals surface area contributed by atoms with Crippen molar-refractivity contribution in [2.45, 2.75) is 31.5 Å². The molecule has 1 saturated heterocycles. The largest absolute Gasteiger partial charge is 0.497 e. The van der Waals surface area contributed by atoms with Crippen LogP contribution in [-0.2, 0) is 4.74 Å². The monoisotopic (exact) mass is 364 g/mol. The van der Waals surface area contributed by atoms with E-state index in [4.69, 9.17) is 19.9 Å². The zero-order valence-electron chi connectivity index (χ0n) is 15.4. The van der Waals surface area contributed by atoms with Gasteiger partial charge in [-0.05, 0) is 25.0 Å². The van der Waals surface area contributed by atoms with Crippen LogP contribution in [0.15, 0.2) is 18.2 Å². The molecule has 144 valence electrons. The summed E-state index contributed by atoms with van der Waals surface area (Å²) >= 11 is 0. The van der Waals surface area contributed by atoms with Crippen molar-refractivity contribution in [1.29, 1.82) is 0 Å². The van der Waals surface area contributed by atoms with Crippen LogP contribution in [0, 0.1) is 5.41 Å². The third kappa shape index (κ3) is 3.26. The maximum atomic E-state index is 12.9. The van der Waals surface area contributed by atoms with Gasteiger partial charge in [0.1, 0.15) is 11.5 Å². The minimum atomic E-state index is -0.363. The number of benzene rings is 1. The number of ether oxygens (including phenoxy) is 3. The Kier molecular flexibility index (Phi) is 5.70. The van der Waals surface area contributed by atoms with Gasteiger partial charge in [0.15, 0.2) is 0 Å². The molecule has 1 amide bonds. The first-order chi connectivity index (χ1) is 12.6. The smallest absolute Gasteiger partial charge is 0.257 e. The summed E-state index contributed by atoms with van der Waals surface area (Å²) in [5, 5.41) is 10.3. The van der Waals surface area contributed by atoms with E-state index in [1.165, 1.54) is 0 Å². The van der Waals surface area contributed by atoms with Crippen LogP contribution in [0.2, 0.25) is 0 Å². The van der Waals surface area contributed by atoms with E-state index in [9.17, 15) is 9.90 Å². The molecule has 1 spiro atoms. The Bertz CT molecular complexity index is 643. The highest BCUT2D eigenvalue weighted by Crippen LogP contribution is 2.51. The van der Waals surface area contributed by atoms with Crippen molar-refractivity contribution in [3.63, 3.8) is 0 Å². The van der Waals surface area contributed by atoms with E-state index < -0.39 is 0 Å². The number of nitrogens with zero attached hydrogens (tertiary/aromatic N) is 1. The van der Waals surface area contributed by atoms with Crippen molar-refractivity contribution in [1.82, 2.24) is 4.90 Å². The Balaban J connectivity index is 1.67. The van der Waals surface area contributed by atoms with Crippen LogP contribution in [-0.4, -0.2) is 68.6 Å². The lowest BCUT2D eigenvalue weighted by atomic mass is 9.58. The predicted molar refractivity (Wildman–Crippen MR) is 96.5 cm³/mol. The van der Waals surface area contributed by atoms with E-state index in [1.54, 1.807) is 32.4 Å². The van der Waals surface area contributed by atoms with E-state index in [-0.39, 0.29) is 23.5 Å². The summed E-state index contributed by atoms with van der Waals surface area (Å²) < 4.78 is 16.3. The second-order valence-electron chi connectivity index (χ2n) is 6.99. The Morgan fingerprint density at radius 1 is 1.31 bits per heavy atom. The Hall–Kier alpha value is -1.83. The molecular weight excluding hydrogens is 336 g/mol. The van der Waals surface area contributed by atoms with Crippen molar-refractivity contribution in [3.8, 4) is 11.5 Å². The zero-order valence-corrected chi connectivity index (χ0v) is 15.4. The number of aliphatic hydroxyl groups is 1. The molecule has 1 heterocycles. The van der Waals surface area contributed by atoms with Gasteiger partial charge in [-0.25, -0.2) is 0 Å². The molecule has 7 heteroatoms. The normalized spacial score (nSPS) is 24.2. The SMILES string of the molecule is COc1ccc(C(=O)N2CCC3(CC2)[C@@H](O)C[C@H]3OCCN)c(OC)c1. The Morgan fingerprint density at radius 3 is 2.62 bits per heavy atom.